The molecule has 8 nitrogen and oxygen atoms in total. The van der Waals surface area contributed by atoms with Crippen LogP contribution < -0.4 is 10.6 Å². The molecule has 1 amide bonds. The first kappa shape index (κ1) is 19.9. The molecule has 0 spiro atoms. The summed E-state index contributed by atoms with van der Waals surface area (Å²) in [6, 6.07) is 7.66. The van der Waals surface area contributed by atoms with Crippen LogP contribution in [0.1, 0.15) is 29.8 Å². The number of nitrogens with one attached hydrogen (secondary N) is 2. The lowest BCUT2D eigenvalue weighted by Gasteiger charge is -2.22. The van der Waals surface area contributed by atoms with Crippen LogP contribution in [-0.2, 0) is 0 Å². The molecule has 1 atom stereocenters. The van der Waals surface area contributed by atoms with Gasteiger partial charge in [-0.25, -0.2) is 4.68 Å². The van der Waals surface area contributed by atoms with Crippen LogP contribution in [-0.4, -0.2) is 40.2 Å². The Morgan fingerprint density at radius 1 is 1.35 bits per heavy atom. The van der Waals surface area contributed by atoms with E-state index in [9.17, 15) is 14.9 Å². The Hall–Kier alpha value is -2.45. The first-order chi connectivity index (χ1) is 12.1. The molecule has 0 aliphatic carbocycles. The first-order valence-corrected chi connectivity index (χ1v) is 8.43. The van der Waals surface area contributed by atoms with Crippen molar-refractivity contribution < 1.29 is 9.72 Å². The van der Waals surface area contributed by atoms with Crippen LogP contribution in [0.25, 0.3) is 5.69 Å². The van der Waals surface area contributed by atoms with E-state index in [0.29, 0.717) is 23.8 Å². The van der Waals surface area contributed by atoms with E-state index in [1.165, 1.54) is 29.7 Å². The fraction of sp³-hybridized carbons (Fsp3) is 0.412. The van der Waals surface area contributed by atoms with Crippen molar-refractivity contribution in [3.05, 3.63) is 52.3 Å². The zero-order valence-corrected chi connectivity index (χ0v) is 15.1. The number of nitro benzene ring substituents is 1. The maximum Gasteiger partial charge on any atom is 0.271 e. The second-order valence-electron chi connectivity index (χ2n) is 6.18. The number of carbonyl (C=O) groups is 1. The molecule has 3 rings (SSSR count). The van der Waals surface area contributed by atoms with Crippen molar-refractivity contribution in [3.63, 3.8) is 0 Å². The molecule has 0 radical (unpaired) electrons. The summed E-state index contributed by atoms with van der Waals surface area (Å²) in [5, 5.41) is 21.2. The van der Waals surface area contributed by atoms with Gasteiger partial charge in [0.05, 0.1) is 10.6 Å². The largest absolute Gasteiger partial charge is 0.351 e. The molecular formula is C17H22ClN5O3. The number of hydrogen-bond donors (Lipinski definition) is 2. The third-order valence-corrected chi connectivity index (χ3v) is 4.38. The van der Waals surface area contributed by atoms with Gasteiger partial charge in [0.1, 0.15) is 0 Å². The van der Waals surface area contributed by atoms with Gasteiger partial charge in [-0.05, 0) is 56.5 Å². The highest BCUT2D eigenvalue weighted by Crippen LogP contribution is 2.15. The summed E-state index contributed by atoms with van der Waals surface area (Å²) in [6.45, 7) is 2.74. The lowest BCUT2D eigenvalue weighted by Crippen LogP contribution is -2.33. The van der Waals surface area contributed by atoms with Crippen molar-refractivity contribution in [2.75, 3.05) is 19.6 Å². The number of halogens is 1. The summed E-state index contributed by atoms with van der Waals surface area (Å²) in [7, 11) is 0. The minimum Gasteiger partial charge on any atom is -0.351 e. The number of carbonyl (C=O) groups excluding carboxylic acids is 1. The monoisotopic (exact) mass is 379 g/mol. The number of piperidine rings is 1. The van der Waals surface area contributed by atoms with E-state index in [4.69, 9.17) is 0 Å². The Kier molecular flexibility index (Phi) is 7.11. The highest BCUT2D eigenvalue weighted by atomic mass is 35.5. The van der Waals surface area contributed by atoms with E-state index in [-0.39, 0.29) is 24.0 Å². The number of nitro groups is 1. The zero-order chi connectivity index (χ0) is 17.6. The smallest absolute Gasteiger partial charge is 0.271 e. The standard InChI is InChI=1S/C17H21N5O3.ClH/c23-17(19-10-7-13-2-1-9-18-12-13)16-8-11-21(20-16)14-3-5-15(6-4-14)22(24)25;/h3-6,8,11,13,18H,1-2,7,9-10,12H2,(H,19,23);1H. The van der Waals surface area contributed by atoms with Crippen molar-refractivity contribution in [2.45, 2.75) is 19.3 Å². The second-order valence-corrected chi connectivity index (χ2v) is 6.18. The molecule has 2 N–H and O–H groups in total. The molecule has 1 aromatic carbocycles. The van der Waals surface area contributed by atoms with Gasteiger partial charge >= 0.3 is 0 Å². The minimum atomic E-state index is -0.451. The van der Waals surface area contributed by atoms with E-state index >= 15 is 0 Å². The van der Waals surface area contributed by atoms with Gasteiger partial charge in [0.15, 0.2) is 5.69 Å². The van der Waals surface area contributed by atoms with Crippen LogP contribution in [0, 0.1) is 16.0 Å². The molecular weight excluding hydrogens is 358 g/mol. The number of benzene rings is 1. The van der Waals surface area contributed by atoms with Gasteiger partial charge in [0, 0.05) is 24.9 Å². The Bertz CT molecular complexity index is 741. The maximum atomic E-state index is 12.2. The predicted molar refractivity (Wildman–Crippen MR) is 100 cm³/mol. The molecule has 26 heavy (non-hydrogen) atoms. The maximum absolute atomic E-state index is 12.2. The summed E-state index contributed by atoms with van der Waals surface area (Å²) >= 11 is 0. The van der Waals surface area contributed by atoms with Gasteiger partial charge in [0.2, 0.25) is 0 Å². The van der Waals surface area contributed by atoms with Crippen molar-refractivity contribution in [2.24, 2.45) is 5.92 Å². The van der Waals surface area contributed by atoms with Crippen molar-refractivity contribution in [1.29, 1.82) is 0 Å². The molecule has 2 heterocycles. The molecule has 140 valence electrons. The summed E-state index contributed by atoms with van der Waals surface area (Å²) in [5.41, 5.74) is 1.02. The Balaban J connectivity index is 0.00000243. The summed E-state index contributed by atoms with van der Waals surface area (Å²) < 4.78 is 1.53. The van der Waals surface area contributed by atoms with Gasteiger partial charge in [-0.15, -0.1) is 12.4 Å². The first-order valence-electron chi connectivity index (χ1n) is 8.43. The van der Waals surface area contributed by atoms with E-state index in [2.05, 4.69) is 15.7 Å². The molecule has 1 unspecified atom stereocenters. The van der Waals surface area contributed by atoms with Crippen LogP contribution in [0.2, 0.25) is 0 Å². The molecule has 2 aromatic rings. The van der Waals surface area contributed by atoms with Crippen molar-refractivity contribution in [1.82, 2.24) is 20.4 Å². The Labute approximate surface area is 157 Å². The van der Waals surface area contributed by atoms with Crippen LogP contribution in [0.5, 0.6) is 0 Å². The molecule has 1 aromatic heterocycles. The van der Waals surface area contributed by atoms with E-state index in [1.807, 2.05) is 0 Å². The SMILES string of the molecule is Cl.O=C(NCCC1CCCNC1)c1ccn(-c2ccc([N+](=O)[O-])cc2)n1. The predicted octanol–water partition coefficient (Wildman–Crippen LogP) is 2.32. The Morgan fingerprint density at radius 2 is 2.12 bits per heavy atom. The summed E-state index contributed by atoms with van der Waals surface area (Å²) in [4.78, 5) is 22.4. The molecule has 0 saturated carbocycles. The van der Waals surface area contributed by atoms with Gasteiger partial charge in [-0.1, -0.05) is 0 Å². The van der Waals surface area contributed by atoms with E-state index in [0.717, 1.165) is 19.5 Å². The molecule has 1 aliphatic rings. The highest BCUT2D eigenvalue weighted by molar-refractivity contribution is 5.92. The third kappa shape index (κ3) is 5.03. The topological polar surface area (TPSA) is 102 Å². The third-order valence-electron chi connectivity index (χ3n) is 4.38. The summed E-state index contributed by atoms with van der Waals surface area (Å²) in [5.74, 6) is 0.413. The average molecular weight is 380 g/mol. The van der Waals surface area contributed by atoms with Gasteiger partial charge < -0.3 is 10.6 Å². The fourth-order valence-electron chi connectivity index (χ4n) is 2.97. The average Bonchev–Trinajstić information content (AvgIpc) is 3.13. The lowest BCUT2D eigenvalue weighted by atomic mass is 9.96. The number of aromatic nitrogens is 2. The normalized spacial score (nSPS) is 16.5. The molecule has 9 heteroatoms. The highest BCUT2D eigenvalue weighted by Gasteiger charge is 2.14. The van der Waals surface area contributed by atoms with E-state index < -0.39 is 4.92 Å². The second kappa shape index (κ2) is 9.30. The van der Waals surface area contributed by atoms with E-state index in [1.54, 1.807) is 24.4 Å². The summed E-state index contributed by atoms with van der Waals surface area (Å²) in [6.07, 6.45) is 5.03. The molecule has 1 aliphatic heterocycles. The number of nitrogens with zero attached hydrogens (tertiary/aromatic N) is 3. The van der Waals surface area contributed by atoms with Crippen LogP contribution >= 0.6 is 12.4 Å². The number of non-ortho nitro benzene ring substituents is 1. The number of rotatable bonds is 6. The molecule has 0 bridgehead atoms. The quantitative estimate of drug-likeness (QED) is 0.592. The molecule has 1 saturated heterocycles. The zero-order valence-electron chi connectivity index (χ0n) is 14.3. The number of hydrogen-bond acceptors (Lipinski definition) is 5. The minimum absolute atomic E-state index is 0. The lowest BCUT2D eigenvalue weighted by molar-refractivity contribution is -0.384. The van der Waals surface area contributed by atoms with Crippen molar-refractivity contribution >= 4 is 24.0 Å². The number of amides is 1. The Morgan fingerprint density at radius 3 is 2.77 bits per heavy atom. The molecule has 1 fully saturated rings. The van der Waals surface area contributed by atoms with Crippen molar-refractivity contribution in [3.8, 4) is 5.69 Å². The van der Waals surface area contributed by atoms with Gasteiger partial charge in [0.25, 0.3) is 11.6 Å². The van der Waals surface area contributed by atoms with Crippen LogP contribution in [0.4, 0.5) is 5.69 Å². The fourth-order valence-corrected chi connectivity index (χ4v) is 2.97. The van der Waals surface area contributed by atoms with Gasteiger partial charge in [-0.3, -0.25) is 14.9 Å². The van der Waals surface area contributed by atoms with Crippen LogP contribution in [0.3, 0.4) is 0 Å². The van der Waals surface area contributed by atoms with Crippen LogP contribution in [0.15, 0.2) is 36.5 Å². The van der Waals surface area contributed by atoms with Gasteiger partial charge in [-0.2, -0.15) is 5.10 Å².